The summed E-state index contributed by atoms with van der Waals surface area (Å²) in [5, 5.41) is 13.3. The average Bonchev–Trinajstić information content (AvgIpc) is 3.06. The molecule has 11 heteroatoms. The van der Waals surface area contributed by atoms with Crippen LogP contribution >= 0.6 is 24.0 Å². The fraction of sp³-hybridized carbons (Fsp3) is 0.455. The summed E-state index contributed by atoms with van der Waals surface area (Å²) in [6.07, 6.45) is 4.73. The molecule has 1 aliphatic rings. The van der Waals surface area contributed by atoms with Gasteiger partial charge in [-0.05, 0) is 56.9 Å². The van der Waals surface area contributed by atoms with Gasteiger partial charge in [-0.2, -0.15) is 19.4 Å². The molecule has 33 heavy (non-hydrogen) atoms. The van der Waals surface area contributed by atoms with E-state index in [9.17, 15) is 4.39 Å². The van der Waals surface area contributed by atoms with E-state index in [1.165, 1.54) is 23.9 Å². The lowest BCUT2D eigenvalue weighted by molar-refractivity contribution is -0.738. The Kier molecular flexibility index (Phi) is 10.6. The van der Waals surface area contributed by atoms with Crippen molar-refractivity contribution >= 4 is 57.6 Å². The number of thiocarbonyl (C=S) groups is 1. The van der Waals surface area contributed by atoms with Gasteiger partial charge in [0.15, 0.2) is 16.0 Å². The fourth-order valence-electron chi connectivity index (χ4n) is 3.25. The summed E-state index contributed by atoms with van der Waals surface area (Å²) in [6, 6.07) is 6.60. The molecule has 1 heterocycles. The number of thioether (sulfide) groups is 1. The van der Waals surface area contributed by atoms with Crippen LogP contribution in [0.15, 0.2) is 39.5 Å². The predicted molar refractivity (Wildman–Crippen MR) is 142 cm³/mol. The van der Waals surface area contributed by atoms with Crippen molar-refractivity contribution in [2.24, 2.45) is 15.2 Å². The van der Waals surface area contributed by atoms with Crippen LogP contribution in [0.2, 0.25) is 0 Å². The first kappa shape index (κ1) is 26.6. The summed E-state index contributed by atoms with van der Waals surface area (Å²) in [5.41, 5.74) is 9.19. The first-order valence-corrected chi connectivity index (χ1v) is 12.4. The molecule has 178 valence electrons. The zero-order chi connectivity index (χ0) is 24.4. The minimum Gasteiger partial charge on any atom is -0.362 e. The lowest BCUT2D eigenvalue weighted by atomic mass is 10.1. The molecule has 2 rings (SSSR count). The highest BCUT2D eigenvalue weighted by Gasteiger charge is 2.40. The van der Waals surface area contributed by atoms with Crippen molar-refractivity contribution in [1.29, 1.82) is 0 Å². The van der Waals surface area contributed by atoms with Gasteiger partial charge in [-0.25, -0.2) is 4.39 Å². The number of amidine groups is 1. The molecule has 0 bridgehead atoms. The minimum absolute atomic E-state index is 0.0422. The smallest absolute Gasteiger partial charge is 0.347 e. The number of likely N-dealkylation sites (N-methyl/N-ethyl adjacent to an activating group) is 2. The third-order valence-corrected chi connectivity index (χ3v) is 5.80. The molecular weight excluding hydrogens is 459 g/mol. The molecule has 0 fully saturated rings. The normalized spacial score (nSPS) is 17.2. The number of aliphatic imine (C=N–C) groups is 1. The quantitative estimate of drug-likeness (QED) is 0.170. The van der Waals surface area contributed by atoms with Gasteiger partial charge in [0, 0.05) is 13.1 Å². The summed E-state index contributed by atoms with van der Waals surface area (Å²) in [4.78, 5) is 4.38. The molecule has 8 nitrogen and oxygen atoms in total. The molecule has 1 aromatic carbocycles. The van der Waals surface area contributed by atoms with E-state index in [0.29, 0.717) is 29.6 Å². The molecule has 0 amide bonds. The largest absolute Gasteiger partial charge is 0.362 e. The highest BCUT2D eigenvalue weighted by Crippen LogP contribution is 2.11. The van der Waals surface area contributed by atoms with Crippen LogP contribution in [-0.4, -0.2) is 82.4 Å². The van der Waals surface area contributed by atoms with Gasteiger partial charge >= 0.3 is 6.17 Å². The number of hydrogen-bond acceptors (Lipinski definition) is 5. The van der Waals surface area contributed by atoms with Crippen LogP contribution in [0.5, 0.6) is 0 Å². The van der Waals surface area contributed by atoms with E-state index in [1.54, 1.807) is 0 Å². The summed E-state index contributed by atoms with van der Waals surface area (Å²) in [6.45, 7) is 7.19. The highest BCUT2D eigenvalue weighted by atomic mass is 32.2. The van der Waals surface area contributed by atoms with Crippen molar-refractivity contribution < 1.29 is 13.5 Å². The van der Waals surface area contributed by atoms with Gasteiger partial charge in [0.2, 0.25) is 6.21 Å². The zero-order valence-electron chi connectivity index (χ0n) is 20.0. The number of nitrogens with zero attached hydrogens (tertiary/aromatic N) is 5. The van der Waals surface area contributed by atoms with Crippen molar-refractivity contribution in [2.75, 3.05) is 33.4 Å². The van der Waals surface area contributed by atoms with E-state index >= 15 is 0 Å². The Bertz CT molecular complexity index is 996. The second-order valence-corrected chi connectivity index (χ2v) is 8.53. The van der Waals surface area contributed by atoms with E-state index < -0.39 is 0 Å². The number of benzene rings is 1. The molecule has 0 aliphatic carbocycles. The monoisotopic (exact) mass is 492 g/mol. The summed E-state index contributed by atoms with van der Waals surface area (Å²) < 4.78 is 17.6. The fourth-order valence-corrected chi connectivity index (χ4v) is 3.83. The molecule has 1 unspecified atom stereocenters. The Morgan fingerprint density at radius 3 is 2.45 bits per heavy atom. The van der Waals surface area contributed by atoms with Gasteiger partial charge in [0.1, 0.15) is 26.3 Å². The van der Waals surface area contributed by atoms with Crippen LogP contribution in [0.4, 0.5) is 4.39 Å². The molecule has 1 aromatic rings. The number of hydrogen-bond donors (Lipinski definition) is 3. The average molecular weight is 493 g/mol. The predicted octanol–water partition coefficient (Wildman–Crippen LogP) is 2.05. The zero-order valence-corrected chi connectivity index (χ0v) is 21.6. The summed E-state index contributed by atoms with van der Waals surface area (Å²) in [5.74, 6) is -0.238. The summed E-state index contributed by atoms with van der Waals surface area (Å²) in [7, 11) is 4.02. The van der Waals surface area contributed by atoms with Crippen LogP contribution in [0.1, 0.15) is 26.3 Å². The minimum atomic E-state index is -0.238. The lowest BCUT2D eigenvalue weighted by Crippen LogP contribution is -2.38. The van der Waals surface area contributed by atoms with E-state index in [1.807, 2.05) is 59.5 Å². The molecule has 1 atom stereocenters. The second kappa shape index (κ2) is 13.1. The molecule has 0 saturated heterocycles. The second-order valence-electron chi connectivity index (χ2n) is 7.33. The Hall–Kier alpha value is -2.66. The van der Waals surface area contributed by atoms with Gasteiger partial charge in [0.05, 0.1) is 5.71 Å². The van der Waals surface area contributed by atoms with Crippen LogP contribution in [0, 0.1) is 5.82 Å². The van der Waals surface area contributed by atoms with Crippen molar-refractivity contribution in [1.82, 2.24) is 16.2 Å². The van der Waals surface area contributed by atoms with E-state index in [0.717, 1.165) is 22.9 Å². The molecule has 0 spiro atoms. The maximum absolute atomic E-state index is 13.3. The van der Waals surface area contributed by atoms with Crippen LogP contribution in [-0.2, 0) is 6.42 Å². The van der Waals surface area contributed by atoms with Gasteiger partial charge in [-0.1, -0.05) is 23.9 Å². The standard InChI is InChI=1S/C22H31FN8S2/c1-7-24-21(32)28-27-20(15(3)26-29-22(33-6)25-8-2)18-14-30(4)19(31(18)5)13-16-9-11-17(23)12-10-16/h9-12,14,19H,7-8,13H2,1-6H3,(H,24,32)/p+2. The third-order valence-electron chi connectivity index (χ3n) is 4.96. The molecule has 1 aliphatic heterocycles. The molecule has 0 saturated carbocycles. The topological polar surface area (TPSA) is 79.2 Å². The molecule has 0 aromatic heterocycles. The molecular formula is C22H33FN8S2+2. The van der Waals surface area contributed by atoms with E-state index in [4.69, 9.17) is 12.2 Å². The van der Waals surface area contributed by atoms with Gasteiger partial charge in [-0.15, -0.1) is 0 Å². The maximum atomic E-state index is 13.3. The Labute approximate surface area is 204 Å². The van der Waals surface area contributed by atoms with E-state index in [-0.39, 0.29) is 12.0 Å². The Morgan fingerprint density at radius 1 is 1.15 bits per heavy atom. The number of halogens is 1. The van der Waals surface area contributed by atoms with Crippen molar-refractivity contribution in [3.8, 4) is 0 Å². The van der Waals surface area contributed by atoms with E-state index in [2.05, 4.69) is 40.5 Å². The number of rotatable bonds is 8. The SMILES string of the molecule is CCN=C(N/N=C(C)/C(=N/NC(=S)NCC)C1=[N+](C)C(Cc2ccc(F)cc2)[N+](C)=C1)SC. The first-order chi connectivity index (χ1) is 15.8. The van der Waals surface area contributed by atoms with Gasteiger partial charge in [-0.3, -0.25) is 15.8 Å². The molecule has 3 N–H and O–H groups in total. The molecule has 0 radical (unpaired) electrons. The Morgan fingerprint density at radius 2 is 1.85 bits per heavy atom. The lowest BCUT2D eigenvalue weighted by Gasteiger charge is -2.08. The first-order valence-electron chi connectivity index (χ1n) is 10.7. The third kappa shape index (κ3) is 7.71. The van der Waals surface area contributed by atoms with Crippen LogP contribution in [0.25, 0.3) is 0 Å². The van der Waals surface area contributed by atoms with Gasteiger partial charge in [0.25, 0.3) is 5.71 Å². The number of nitrogens with one attached hydrogen (secondary N) is 3. The van der Waals surface area contributed by atoms with Crippen LogP contribution in [0.3, 0.4) is 0 Å². The Balaban J connectivity index is 2.38. The van der Waals surface area contributed by atoms with Crippen molar-refractivity contribution in [3.05, 3.63) is 35.6 Å². The number of hydrazone groups is 2. The van der Waals surface area contributed by atoms with Gasteiger partial charge < -0.3 is 5.32 Å². The van der Waals surface area contributed by atoms with Crippen molar-refractivity contribution in [2.45, 2.75) is 33.4 Å². The van der Waals surface area contributed by atoms with Crippen LogP contribution < -0.4 is 16.2 Å². The summed E-state index contributed by atoms with van der Waals surface area (Å²) >= 11 is 6.78. The van der Waals surface area contributed by atoms with Crippen molar-refractivity contribution in [3.63, 3.8) is 0 Å². The highest BCUT2D eigenvalue weighted by molar-refractivity contribution is 8.13. The maximum Gasteiger partial charge on any atom is 0.347 e.